The maximum Gasteiger partial charge on any atom is 0.229 e. The van der Waals surface area contributed by atoms with Gasteiger partial charge in [0.2, 0.25) is 11.9 Å². The number of halogens is 1. The molecule has 24 heavy (non-hydrogen) atoms. The number of carbonyl (C=O) groups excluding carboxylic acids is 1. The van der Waals surface area contributed by atoms with E-state index in [1.165, 1.54) is 6.33 Å². The molecule has 0 spiro atoms. The zero-order valence-corrected chi connectivity index (χ0v) is 15.1. The SMILES string of the molecule is C#CCOc1c(I)cc([C@@H]2CC(=O)Nc3ncnn32)cc1OCC. The Balaban J connectivity index is 2.03. The molecule has 0 fully saturated rings. The van der Waals surface area contributed by atoms with Gasteiger partial charge in [-0.2, -0.15) is 10.1 Å². The number of benzene rings is 1. The summed E-state index contributed by atoms with van der Waals surface area (Å²) in [5, 5.41) is 6.92. The van der Waals surface area contributed by atoms with Crippen LogP contribution in [0.5, 0.6) is 11.5 Å². The fourth-order valence-electron chi connectivity index (χ4n) is 2.56. The molecule has 0 saturated heterocycles. The molecule has 1 N–H and O–H groups in total. The van der Waals surface area contributed by atoms with Crippen molar-refractivity contribution in [2.24, 2.45) is 0 Å². The summed E-state index contributed by atoms with van der Waals surface area (Å²) in [6.45, 7) is 2.55. The molecular weight excluding hydrogens is 423 g/mol. The Kier molecular flexibility index (Phi) is 4.89. The second kappa shape index (κ2) is 7.09. The maximum absolute atomic E-state index is 11.9. The second-order valence-corrected chi connectivity index (χ2v) is 6.21. The van der Waals surface area contributed by atoms with E-state index in [2.05, 4.69) is 43.9 Å². The highest BCUT2D eigenvalue weighted by Crippen LogP contribution is 2.38. The Bertz CT molecular complexity index is 812. The third-order valence-corrected chi connectivity index (χ3v) is 4.32. The lowest BCUT2D eigenvalue weighted by Gasteiger charge is -2.25. The van der Waals surface area contributed by atoms with Crippen LogP contribution in [0.25, 0.3) is 0 Å². The van der Waals surface area contributed by atoms with E-state index in [-0.39, 0.29) is 25.0 Å². The highest BCUT2D eigenvalue weighted by Gasteiger charge is 2.29. The first kappa shape index (κ1) is 16.6. The quantitative estimate of drug-likeness (QED) is 0.573. The van der Waals surface area contributed by atoms with Crippen LogP contribution in [0.4, 0.5) is 5.95 Å². The minimum absolute atomic E-state index is 0.0962. The molecule has 1 aromatic carbocycles. The van der Waals surface area contributed by atoms with Gasteiger partial charge in [-0.1, -0.05) is 5.92 Å². The van der Waals surface area contributed by atoms with Crippen molar-refractivity contribution in [2.45, 2.75) is 19.4 Å². The van der Waals surface area contributed by atoms with Gasteiger partial charge >= 0.3 is 0 Å². The number of ether oxygens (including phenoxy) is 2. The number of hydrogen-bond acceptors (Lipinski definition) is 5. The third kappa shape index (κ3) is 3.17. The van der Waals surface area contributed by atoms with Gasteiger partial charge in [0.1, 0.15) is 12.9 Å². The van der Waals surface area contributed by atoms with Gasteiger partial charge < -0.3 is 9.47 Å². The van der Waals surface area contributed by atoms with Crippen LogP contribution in [0.15, 0.2) is 18.5 Å². The number of aromatic nitrogens is 3. The van der Waals surface area contributed by atoms with Gasteiger partial charge in [-0.15, -0.1) is 6.42 Å². The van der Waals surface area contributed by atoms with Gasteiger partial charge in [-0.05, 0) is 47.2 Å². The summed E-state index contributed by atoms with van der Waals surface area (Å²) in [7, 11) is 0. The number of hydrogen-bond donors (Lipinski definition) is 1. The van der Waals surface area contributed by atoms with E-state index in [0.29, 0.717) is 24.1 Å². The predicted molar refractivity (Wildman–Crippen MR) is 96.1 cm³/mol. The fourth-order valence-corrected chi connectivity index (χ4v) is 3.34. The molecule has 1 aliphatic heterocycles. The van der Waals surface area contributed by atoms with Crippen molar-refractivity contribution in [1.29, 1.82) is 0 Å². The number of anilines is 1. The Morgan fingerprint density at radius 2 is 2.33 bits per heavy atom. The number of amides is 1. The largest absolute Gasteiger partial charge is 0.490 e. The van der Waals surface area contributed by atoms with Crippen molar-refractivity contribution in [3.05, 3.63) is 27.6 Å². The molecule has 3 rings (SSSR count). The molecule has 0 unspecified atom stereocenters. The monoisotopic (exact) mass is 438 g/mol. The van der Waals surface area contributed by atoms with Crippen LogP contribution in [-0.2, 0) is 4.79 Å². The van der Waals surface area contributed by atoms with Gasteiger partial charge in [0, 0.05) is 0 Å². The van der Waals surface area contributed by atoms with E-state index in [1.54, 1.807) is 4.68 Å². The van der Waals surface area contributed by atoms with Crippen molar-refractivity contribution in [2.75, 3.05) is 18.5 Å². The van der Waals surface area contributed by atoms with Crippen LogP contribution in [0.3, 0.4) is 0 Å². The van der Waals surface area contributed by atoms with Crippen LogP contribution in [-0.4, -0.2) is 33.9 Å². The average Bonchev–Trinajstić information content (AvgIpc) is 3.01. The van der Waals surface area contributed by atoms with E-state index in [4.69, 9.17) is 15.9 Å². The first-order valence-corrected chi connectivity index (χ1v) is 8.43. The summed E-state index contributed by atoms with van der Waals surface area (Å²) in [4.78, 5) is 16.0. The standard InChI is InChI=1S/C16H15IN4O3/c1-3-5-24-15-11(17)6-10(7-13(15)23-4-2)12-8-14(22)20-16-18-9-19-21(12)16/h1,6-7,9,12H,4-5,8H2,2H3,(H,18,19,20,22)/t12-/m0/s1. The number of nitrogens with zero attached hydrogens (tertiary/aromatic N) is 3. The Hall–Kier alpha value is -2.28. The molecule has 2 heterocycles. The Labute approximate surface area is 152 Å². The van der Waals surface area contributed by atoms with E-state index in [9.17, 15) is 4.79 Å². The normalized spacial score (nSPS) is 16.0. The molecule has 124 valence electrons. The zero-order valence-electron chi connectivity index (χ0n) is 13.0. The molecule has 0 radical (unpaired) electrons. The highest BCUT2D eigenvalue weighted by molar-refractivity contribution is 14.1. The number of carbonyl (C=O) groups is 1. The van der Waals surface area contributed by atoms with E-state index >= 15 is 0 Å². The lowest BCUT2D eigenvalue weighted by atomic mass is 10.0. The summed E-state index contributed by atoms with van der Waals surface area (Å²) in [5.41, 5.74) is 0.900. The van der Waals surface area contributed by atoms with Gasteiger partial charge in [-0.3, -0.25) is 10.1 Å². The molecule has 1 aromatic heterocycles. The number of nitrogens with one attached hydrogen (secondary N) is 1. The number of terminal acetylenes is 1. The first-order valence-electron chi connectivity index (χ1n) is 7.36. The van der Waals surface area contributed by atoms with Crippen molar-refractivity contribution >= 4 is 34.4 Å². The molecule has 0 saturated carbocycles. The fraction of sp³-hybridized carbons (Fsp3) is 0.312. The average molecular weight is 438 g/mol. The maximum atomic E-state index is 11.9. The van der Waals surface area contributed by atoms with Crippen LogP contribution in [0, 0.1) is 15.9 Å². The summed E-state index contributed by atoms with van der Waals surface area (Å²) in [5.74, 6) is 4.00. The van der Waals surface area contributed by atoms with Crippen molar-refractivity contribution in [3.63, 3.8) is 0 Å². The Morgan fingerprint density at radius 1 is 1.50 bits per heavy atom. The Morgan fingerprint density at radius 3 is 3.08 bits per heavy atom. The summed E-state index contributed by atoms with van der Waals surface area (Å²) in [6.07, 6.45) is 6.98. The van der Waals surface area contributed by atoms with Gasteiger partial charge in [0.25, 0.3) is 0 Å². The predicted octanol–water partition coefficient (Wildman–Crippen LogP) is 2.23. The highest BCUT2D eigenvalue weighted by atomic mass is 127. The van der Waals surface area contributed by atoms with Gasteiger partial charge in [0.05, 0.1) is 22.6 Å². The first-order chi connectivity index (χ1) is 11.6. The lowest BCUT2D eigenvalue weighted by molar-refractivity contribution is -0.117. The summed E-state index contributed by atoms with van der Waals surface area (Å²) >= 11 is 2.17. The number of fused-ring (bicyclic) bond motifs is 1. The lowest BCUT2D eigenvalue weighted by Crippen LogP contribution is -2.29. The molecule has 1 atom stereocenters. The zero-order chi connectivity index (χ0) is 17.1. The molecule has 8 heteroatoms. The molecule has 2 aromatic rings. The summed E-state index contributed by atoms with van der Waals surface area (Å²) in [6, 6.07) is 3.57. The van der Waals surface area contributed by atoms with Crippen LogP contribution in [0.1, 0.15) is 24.9 Å². The van der Waals surface area contributed by atoms with Crippen LogP contribution in [0.2, 0.25) is 0 Å². The van der Waals surface area contributed by atoms with Gasteiger partial charge in [0.15, 0.2) is 11.5 Å². The van der Waals surface area contributed by atoms with Crippen molar-refractivity contribution in [1.82, 2.24) is 14.8 Å². The second-order valence-electron chi connectivity index (χ2n) is 5.05. The molecular formula is C16H15IN4O3. The molecule has 0 aliphatic carbocycles. The van der Waals surface area contributed by atoms with Crippen LogP contribution < -0.4 is 14.8 Å². The third-order valence-electron chi connectivity index (χ3n) is 3.51. The topological polar surface area (TPSA) is 78.3 Å². The minimum atomic E-state index is -0.245. The summed E-state index contributed by atoms with van der Waals surface area (Å²) < 4.78 is 13.9. The van der Waals surface area contributed by atoms with Gasteiger partial charge in [-0.25, -0.2) is 4.68 Å². The van der Waals surface area contributed by atoms with Crippen molar-refractivity contribution in [3.8, 4) is 23.8 Å². The van der Waals surface area contributed by atoms with E-state index < -0.39 is 0 Å². The molecule has 7 nitrogen and oxygen atoms in total. The molecule has 0 bridgehead atoms. The molecule has 1 aliphatic rings. The van der Waals surface area contributed by atoms with Crippen LogP contribution >= 0.6 is 22.6 Å². The molecule has 1 amide bonds. The van der Waals surface area contributed by atoms with Crippen molar-refractivity contribution < 1.29 is 14.3 Å². The minimum Gasteiger partial charge on any atom is -0.490 e. The van der Waals surface area contributed by atoms with E-state index in [0.717, 1.165) is 9.13 Å². The smallest absolute Gasteiger partial charge is 0.229 e. The number of rotatable bonds is 5. The van der Waals surface area contributed by atoms with E-state index in [1.807, 2.05) is 19.1 Å².